The van der Waals surface area contributed by atoms with Gasteiger partial charge in [-0.2, -0.15) is 0 Å². The van der Waals surface area contributed by atoms with Crippen LogP contribution in [-0.2, 0) is 14.1 Å². The summed E-state index contributed by atoms with van der Waals surface area (Å²) in [5.74, 6) is -0.389. The average molecular weight is 380 g/mol. The summed E-state index contributed by atoms with van der Waals surface area (Å²) in [6, 6.07) is 4.01. The number of ether oxygens (including phenoxy) is 1. The Bertz CT molecular complexity index is 573. The average Bonchev–Trinajstić information content (AvgIpc) is 2.57. The van der Waals surface area contributed by atoms with Gasteiger partial charge in [0.1, 0.15) is 9.12 Å². The third-order valence-electron chi connectivity index (χ3n) is 4.28. The molecule has 1 rings (SSSR count). The first-order valence-electron chi connectivity index (χ1n) is 9.29. The molecule has 5 heteroatoms. The summed E-state index contributed by atoms with van der Waals surface area (Å²) < 4.78 is 13.6. The third-order valence-corrected chi connectivity index (χ3v) is 4.28. The lowest BCUT2D eigenvalue weighted by Gasteiger charge is -2.22. The van der Waals surface area contributed by atoms with Gasteiger partial charge in [0, 0.05) is 12.0 Å². The topological polar surface area (TPSA) is 60.4 Å². The van der Waals surface area contributed by atoms with Gasteiger partial charge in [-0.05, 0) is 44.2 Å². The summed E-state index contributed by atoms with van der Waals surface area (Å²) in [5, 5.41) is 0. The number of carbonyl (C=O) groups excluding carboxylic acids is 2. The van der Waals surface area contributed by atoms with Crippen molar-refractivity contribution in [1.29, 1.82) is 0 Å². The number of esters is 1. The number of hydrogen-bond acceptors (Lipinski definition) is 4. The molecule has 0 aliphatic carbocycles. The standard InChI is InChI=1S/C21H32O3.HOP/c1-7-8-9-10-11-18(22)24-21(14(2)3)20(23)19-16(5)12-15(4)13-17(19)6;1-2/h12-14,21H,7-11H2,1-6H3;2H. The maximum absolute atomic E-state index is 13.0. The highest BCUT2D eigenvalue weighted by atomic mass is 31.0. The summed E-state index contributed by atoms with van der Waals surface area (Å²) in [7, 11) is 1.72. The van der Waals surface area contributed by atoms with Crippen LogP contribution in [0, 0.1) is 26.7 Å². The van der Waals surface area contributed by atoms with Crippen molar-refractivity contribution in [2.75, 3.05) is 0 Å². The van der Waals surface area contributed by atoms with E-state index in [-0.39, 0.29) is 17.7 Å². The largest absolute Gasteiger partial charge is 0.454 e. The van der Waals surface area contributed by atoms with Crippen LogP contribution in [0.1, 0.15) is 79.9 Å². The second-order valence-electron chi connectivity index (χ2n) is 7.10. The lowest BCUT2D eigenvalue weighted by atomic mass is 9.90. The van der Waals surface area contributed by atoms with Gasteiger partial charge < -0.3 is 4.74 Å². The van der Waals surface area contributed by atoms with Crippen molar-refractivity contribution in [3.05, 3.63) is 34.4 Å². The molecule has 1 aromatic rings. The highest BCUT2D eigenvalue weighted by Gasteiger charge is 2.29. The van der Waals surface area contributed by atoms with Crippen molar-refractivity contribution in [2.24, 2.45) is 5.92 Å². The summed E-state index contributed by atoms with van der Waals surface area (Å²) in [6.45, 7) is 11.9. The van der Waals surface area contributed by atoms with Gasteiger partial charge in [0.15, 0.2) is 6.10 Å². The Hall–Kier alpha value is -1.54. The van der Waals surface area contributed by atoms with Gasteiger partial charge in [0.2, 0.25) is 5.78 Å². The molecule has 4 nitrogen and oxygen atoms in total. The minimum atomic E-state index is -0.705. The van der Waals surface area contributed by atoms with Crippen LogP contribution >= 0.6 is 9.12 Å². The number of ketones is 1. The van der Waals surface area contributed by atoms with Crippen LogP contribution in [-0.4, -0.2) is 17.9 Å². The van der Waals surface area contributed by atoms with Crippen LogP contribution in [0.25, 0.3) is 0 Å². The molecule has 0 radical (unpaired) electrons. The highest BCUT2D eigenvalue weighted by molar-refractivity contribution is 7.00. The quantitative estimate of drug-likeness (QED) is 0.235. The summed E-state index contributed by atoms with van der Waals surface area (Å²) >= 11 is 0. The van der Waals surface area contributed by atoms with E-state index in [1.165, 1.54) is 0 Å². The SMILES string of the molecule is CCCCCCC(=O)OC(C(=O)c1c(C)cc(C)cc1C)C(C)C.O=P. The molecule has 0 aliphatic heterocycles. The molecule has 0 bridgehead atoms. The predicted molar refractivity (Wildman–Crippen MR) is 107 cm³/mol. The molecule has 1 unspecified atom stereocenters. The molecule has 0 amide bonds. The van der Waals surface area contributed by atoms with Gasteiger partial charge in [-0.3, -0.25) is 14.2 Å². The number of aryl methyl sites for hydroxylation is 3. The van der Waals surface area contributed by atoms with Gasteiger partial charge in [-0.25, -0.2) is 0 Å². The van der Waals surface area contributed by atoms with E-state index < -0.39 is 6.10 Å². The Morgan fingerprint density at radius 1 is 1.00 bits per heavy atom. The Kier molecular flexibility index (Phi) is 12.0. The highest BCUT2D eigenvalue weighted by Crippen LogP contribution is 2.22. The minimum Gasteiger partial charge on any atom is -0.454 e. The molecule has 0 spiro atoms. The van der Waals surface area contributed by atoms with Crippen molar-refractivity contribution in [1.82, 2.24) is 0 Å². The fourth-order valence-corrected chi connectivity index (χ4v) is 3.10. The maximum atomic E-state index is 13.0. The zero-order valence-corrected chi connectivity index (χ0v) is 18.0. The van der Waals surface area contributed by atoms with E-state index in [2.05, 4.69) is 6.92 Å². The molecule has 0 heterocycles. The first-order valence-corrected chi connectivity index (χ1v) is 9.70. The molecule has 0 aliphatic rings. The Morgan fingerprint density at radius 3 is 2.00 bits per heavy atom. The van der Waals surface area contributed by atoms with Crippen LogP contribution in [0.3, 0.4) is 0 Å². The molecule has 1 atom stereocenters. The number of rotatable bonds is 9. The second kappa shape index (κ2) is 12.8. The van der Waals surface area contributed by atoms with Crippen LogP contribution < -0.4 is 0 Å². The summed E-state index contributed by atoms with van der Waals surface area (Å²) in [6.07, 6.45) is 3.80. The van der Waals surface area contributed by atoms with Crippen LogP contribution in [0.4, 0.5) is 0 Å². The van der Waals surface area contributed by atoms with E-state index in [0.29, 0.717) is 12.0 Å². The Balaban J connectivity index is 0.00000301. The predicted octanol–water partition coefficient (Wildman–Crippen LogP) is 5.81. The van der Waals surface area contributed by atoms with E-state index >= 15 is 0 Å². The molecule has 0 fully saturated rings. The number of hydrogen-bond donors (Lipinski definition) is 0. The zero-order chi connectivity index (χ0) is 20.3. The molecule has 0 saturated heterocycles. The molecule has 1 aromatic carbocycles. The van der Waals surface area contributed by atoms with E-state index in [9.17, 15) is 9.59 Å². The van der Waals surface area contributed by atoms with Crippen LogP contribution in [0.5, 0.6) is 0 Å². The third kappa shape index (κ3) is 7.78. The smallest absolute Gasteiger partial charge is 0.306 e. The first kappa shape index (κ1) is 24.5. The van der Waals surface area contributed by atoms with Crippen molar-refractivity contribution < 1.29 is 18.9 Å². The molecular weight excluding hydrogens is 347 g/mol. The second-order valence-corrected chi connectivity index (χ2v) is 7.10. The normalized spacial score (nSPS) is 11.5. The van der Waals surface area contributed by atoms with Crippen LogP contribution in [0.15, 0.2) is 12.1 Å². The van der Waals surface area contributed by atoms with Gasteiger partial charge >= 0.3 is 5.97 Å². The van der Waals surface area contributed by atoms with Crippen molar-refractivity contribution in [2.45, 2.75) is 79.8 Å². The lowest BCUT2D eigenvalue weighted by Crippen LogP contribution is -2.33. The van der Waals surface area contributed by atoms with Gasteiger partial charge in [0.25, 0.3) is 0 Å². The molecule has 0 aromatic heterocycles. The number of unbranched alkanes of at least 4 members (excludes halogenated alkanes) is 3. The molecule has 26 heavy (non-hydrogen) atoms. The summed E-state index contributed by atoms with van der Waals surface area (Å²) in [5.41, 5.74) is 3.72. The van der Waals surface area contributed by atoms with Crippen molar-refractivity contribution in [3.63, 3.8) is 0 Å². The lowest BCUT2D eigenvalue weighted by molar-refractivity contribution is -0.148. The van der Waals surface area contributed by atoms with E-state index in [4.69, 9.17) is 9.30 Å². The summed E-state index contributed by atoms with van der Waals surface area (Å²) in [4.78, 5) is 25.1. The maximum Gasteiger partial charge on any atom is 0.306 e. The monoisotopic (exact) mass is 380 g/mol. The van der Waals surface area contributed by atoms with Crippen molar-refractivity contribution >= 4 is 20.9 Å². The fourth-order valence-electron chi connectivity index (χ4n) is 3.10. The van der Waals surface area contributed by atoms with E-state index in [1.807, 2.05) is 46.8 Å². The van der Waals surface area contributed by atoms with E-state index in [0.717, 1.165) is 42.4 Å². The molecule has 0 N–H and O–H groups in total. The van der Waals surface area contributed by atoms with Crippen molar-refractivity contribution in [3.8, 4) is 0 Å². The van der Waals surface area contributed by atoms with Gasteiger partial charge in [-0.1, -0.05) is 57.7 Å². The number of carbonyl (C=O) groups is 2. The number of Topliss-reactive ketones (excluding diaryl/α,β-unsaturated/α-hetero) is 1. The fraction of sp³-hybridized carbons (Fsp3) is 0.619. The van der Waals surface area contributed by atoms with Gasteiger partial charge in [0.05, 0.1) is 0 Å². The minimum absolute atomic E-state index is 0.0443. The zero-order valence-electron chi connectivity index (χ0n) is 17.0. The molecule has 146 valence electrons. The van der Waals surface area contributed by atoms with Gasteiger partial charge in [-0.15, -0.1) is 0 Å². The Morgan fingerprint density at radius 2 is 1.54 bits per heavy atom. The van der Waals surface area contributed by atoms with Crippen LogP contribution in [0.2, 0.25) is 0 Å². The van der Waals surface area contributed by atoms with E-state index in [1.54, 1.807) is 9.12 Å². The number of benzene rings is 1. The Labute approximate surface area is 160 Å². The molecular formula is C21H33O4P. The molecule has 0 saturated carbocycles. The first-order chi connectivity index (χ1) is 12.3.